The third kappa shape index (κ3) is 6.01. The lowest BCUT2D eigenvalue weighted by Crippen LogP contribution is -2.32. The van der Waals surface area contributed by atoms with Gasteiger partial charge in [0.2, 0.25) is 5.91 Å². The van der Waals surface area contributed by atoms with Crippen molar-refractivity contribution in [1.29, 1.82) is 0 Å². The van der Waals surface area contributed by atoms with E-state index in [0.29, 0.717) is 25.3 Å². The van der Waals surface area contributed by atoms with E-state index in [-0.39, 0.29) is 18.2 Å². The molecule has 0 unspecified atom stereocenters. The number of nitrogens with one attached hydrogen (secondary N) is 2. The largest absolute Gasteiger partial charge is 0.383 e. The van der Waals surface area contributed by atoms with E-state index in [1.54, 1.807) is 13.2 Å². The Morgan fingerprint density at radius 1 is 1.21 bits per heavy atom. The van der Waals surface area contributed by atoms with Crippen molar-refractivity contribution >= 4 is 11.8 Å². The van der Waals surface area contributed by atoms with Gasteiger partial charge in [0.1, 0.15) is 0 Å². The molecule has 0 spiro atoms. The van der Waals surface area contributed by atoms with E-state index in [1.807, 2.05) is 25.1 Å². The van der Waals surface area contributed by atoms with E-state index < -0.39 is 0 Å². The van der Waals surface area contributed by atoms with Crippen molar-refractivity contribution in [3.63, 3.8) is 0 Å². The summed E-state index contributed by atoms with van der Waals surface area (Å²) in [5.41, 5.74) is 1.64. The molecule has 0 saturated carbocycles. The number of hydrogen-bond donors (Lipinski definition) is 2. The quantitative estimate of drug-likeness (QED) is 0.718. The Morgan fingerprint density at radius 2 is 2.00 bits per heavy atom. The van der Waals surface area contributed by atoms with Crippen molar-refractivity contribution in [1.82, 2.24) is 10.6 Å². The molecule has 0 bridgehead atoms. The molecule has 0 radical (unpaired) electrons. The summed E-state index contributed by atoms with van der Waals surface area (Å²) in [4.78, 5) is 23.1. The van der Waals surface area contributed by atoms with Gasteiger partial charge < -0.3 is 15.4 Å². The summed E-state index contributed by atoms with van der Waals surface area (Å²) in [5, 5.41) is 5.41. The van der Waals surface area contributed by atoms with Crippen LogP contribution in [0.3, 0.4) is 0 Å². The van der Waals surface area contributed by atoms with Crippen LogP contribution in [0.4, 0.5) is 0 Å². The number of carbonyl (C=O) groups excluding carboxylic acids is 2. The maximum atomic E-state index is 11.8. The minimum atomic E-state index is -0.159. The highest BCUT2D eigenvalue weighted by molar-refractivity contribution is 5.94. The van der Waals surface area contributed by atoms with Crippen molar-refractivity contribution < 1.29 is 14.3 Å². The van der Waals surface area contributed by atoms with Crippen LogP contribution in [0.2, 0.25) is 0 Å². The minimum Gasteiger partial charge on any atom is -0.383 e. The number of benzene rings is 1. The van der Waals surface area contributed by atoms with Crippen molar-refractivity contribution in [3.05, 3.63) is 35.4 Å². The molecule has 2 N–H and O–H groups in total. The third-order valence-electron chi connectivity index (χ3n) is 2.55. The lowest BCUT2D eigenvalue weighted by molar-refractivity contribution is -0.121. The normalized spacial score (nSPS) is 10.0. The van der Waals surface area contributed by atoms with E-state index in [4.69, 9.17) is 4.74 Å². The van der Waals surface area contributed by atoms with Crippen LogP contribution in [-0.2, 0) is 9.53 Å². The van der Waals surface area contributed by atoms with E-state index in [9.17, 15) is 9.59 Å². The van der Waals surface area contributed by atoms with Crippen molar-refractivity contribution in [2.24, 2.45) is 0 Å². The van der Waals surface area contributed by atoms with Crippen LogP contribution in [0.1, 0.15) is 22.3 Å². The topological polar surface area (TPSA) is 67.4 Å². The molecule has 19 heavy (non-hydrogen) atoms. The first-order chi connectivity index (χ1) is 9.13. The van der Waals surface area contributed by atoms with Crippen LogP contribution >= 0.6 is 0 Å². The fourth-order valence-electron chi connectivity index (χ4n) is 1.56. The fraction of sp³-hybridized carbons (Fsp3) is 0.429. The summed E-state index contributed by atoms with van der Waals surface area (Å²) in [5.74, 6) is -0.255. The monoisotopic (exact) mass is 264 g/mol. The zero-order valence-corrected chi connectivity index (χ0v) is 11.4. The molecule has 1 aromatic rings. The number of methoxy groups -OCH3 is 1. The Balaban J connectivity index is 2.25. The van der Waals surface area contributed by atoms with Gasteiger partial charge in [-0.25, -0.2) is 0 Å². The van der Waals surface area contributed by atoms with Gasteiger partial charge in [-0.05, 0) is 19.1 Å². The summed E-state index contributed by atoms with van der Waals surface area (Å²) >= 11 is 0. The smallest absolute Gasteiger partial charge is 0.251 e. The molecule has 0 aliphatic rings. The van der Waals surface area contributed by atoms with Crippen LogP contribution in [0.5, 0.6) is 0 Å². The Hall–Kier alpha value is -1.88. The highest BCUT2D eigenvalue weighted by atomic mass is 16.5. The minimum absolute atomic E-state index is 0.0957. The molecule has 1 aromatic carbocycles. The molecule has 0 aliphatic heterocycles. The second-order valence-corrected chi connectivity index (χ2v) is 4.22. The zero-order chi connectivity index (χ0) is 14.1. The molecular weight excluding hydrogens is 244 g/mol. The maximum absolute atomic E-state index is 11.8. The van der Waals surface area contributed by atoms with Gasteiger partial charge >= 0.3 is 0 Å². The van der Waals surface area contributed by atoms with Gasteiger partial charge in [0, 0.05) is 32.2 Å². The van der Waals surface area contributed by atoms with Gasteiger partial charge in [0.25, 0.3) is 5.91 Å². The van der Waals surface area contributed by atoms with Crippen molar-refractivity contribution in [2.45, 2.75) is 13.3 Å². The second kappa shape index (κ2) is 8.26. The van der Waals surface area contributed by atoms with Crippen LogP contribution < -0.4 is 10.6 Å². The van der Waals surface area contributed by atoms with E-state index in [2.05, 4.69) is 10.6 Å². The van der Waals surface area contributed by atoms with Crippen LogP contribution in [-0.4, -0.2) is 38.6 Å². The van der Waals surface area contributed by atoms with Crippen molar-refractivity contribution in [3.8, 4) is 0 Å². The van der Waals surface area contributed by atoms with Gasteiger partial charge in [-0.15, -0.1) is 0 Å². The molecule has 0 aromatic heterocycles. The Morgan fingerprint density at radius 3 is 2.68 bits per heavy atom. The summed E-state index contributed by atoms with van der Waals surface area (Å²) in [6.45, 7) is 3.23. The standard InChI is InChI=1S/C14H20N2O3/c1-11-4-3-5-12(10-11)14(18)16-7-6-13(17)15-8-9-19-2/h3-5,10H,6-9H2,1-2H3,(H,15,17)(H,16,18). The average molecular weight is 264 g/mol. The van der Waals surface area contributed by atoms with Crippen LogP contribution in [0.15, 0.2) is 24.3 Å². The lowest BCUT2D eigenvalue weighted by atomic mass is 10.1. The van der Waals surface area contributed by atoms with Crippen LogP contribution in [0, 0.1) is 6.92 Å². The molecular formula is C14H20N2O3. The molecule has 5 heteroatoms. The predicted molar refractivity (Wildman–Crippen MR) is 73.0 cm³/mol. The second-order valence-electron chi connectivity index (χ2n) is 4.22. The van der Waals surface area contributed by atoms with Gasteiger partial charge in [-0.1, -0.05) is 17.7 Å². The highest BCUT2D eigenvalue weighted by Crippen LogP contribution is 2.03. The van der Waals surface area contributed by atoms with E-state index in [1.165, 1.54) is 0 Å². The Labute approximate surface area is 113 Å². The first-order valence-electron chi connectivity index (χ1n) is 6.24. The molecule has 0 aliphatic carbocycles. The van der Waals surface area contributed by atoms with Gasteiger partial charge in [-0.3, -0.25) is 9.59 Å². The van der Waals surface area contributed by atoms with E-state index in [0.717, 1.165) is 5.56 Å². The first kappa shape index (κ1) is 15.2. The number of aryl methyl sites for hydroxylation is 1. The number of amides is 2. The number of carbonyl (C=O) groups is 2. The number of rotatable bonds is 7. The summed E-state index contributed by atoms with van der Waals surface area (Å²) in [7, 11) is 1.58. The Bertz CT molecular complexity index is 432. The number of hydrogen-bond acceptors (Lipinski definition) is 3. The maximum Gasteiger partial charge on any atom is 0.251 e. The SMILES string of the molecule is COCCNC(=O)CCNC(=O)c1cccc(C)c1. The molecule has 0 fully saturated rings. The molecule has 1 rings (SSSR count). The molecule has 0 saturated heterocycles. The van der Waals surface area contributed by atoms with Gasteiger partial charge in [0.15, 0.2) is 0 Å². The summed E-state index contributed by atoms with van der Waals surface area (Å²) < 4.78 is 4.82. The van der Waals surface area contributed by atoms with E-state index >= 15 is 0 Å². The van der Waals surface area contributed by atoms with Gasteiger partial charge in [0.05, 0.1) is 6.61 Å². The molecule has 2 amide bonds. The summed E-state index contributed by atoms with van der Waals surface area (Å²) in [6, 6.07) is 7.33. The predicted octanol–water partition coefficient (Wildman–Crippen LogP) is 0.878. The molecule has 5 nitrogen and oxygen atoms in total. The Kier molecular flexibility index (Phi) is 6.60. The zero-order valence-electron chi connectivity index (χ0n) is 11.4. The molecule has 0 atom stereocenters. The van der Waals surface area contributed by atoms with Gasteiger partial charge in [-0.2, -0.15) is 0 Å². The lowest BCUT2D eigenvalue weighted by Gasteiger charge is -2.06. The fourth-order valence-corrected chi connectivity index (χ4v) is 1.56. The molecule has 0 heterocycles. The third-order valence-corrected chi connectivity index (χ3v) is 2.55. The van der Waals surface area contributed by atoms with Crippen LogP contribution in [0.25, 0.3) is 0 Å². The number of ether oxygens (including phenoxy) is 1. The highest BCUT2D eigenvalue weighted by Gasteiger charge is 2.06. The average Bonchev–Trinajstić information content (AvgIpc) is 2.39. The van der Waals surface area contributed by atoms with Crippen molar-refractivity contribution in [2.75, 3.05) is 26.8 Å². The molecule has 104 valence electrons. The summed E-state index contributed by atoms with van der Waals surface area (Å²) in [6.07, 6.45) is 0.265. The first-order valence-corrected chi connectivity index (χ1v) is 6.24.